The number of aromatic amines is 1. The second kappa shape index (κ2) is 10.2. The van der Waals surface area contributed by atoms with E-state index in [4.69, 9.17) is 35.8 Å². The maximum absolute atomic E-state index is 9.97. The van der Waals surface area contributed by atoms with Crippen LogP contribution in [0.4, 0.5) is 0 Å². The van der Waals surface area contributed by atoms with Crippen molar-refractivity contribution in [1.29, 1.82) is 0 Å². The van der Waals surface area contributed by atoms with Crippen LogP contribution in [0.15, 0.2) is 59.6 Å². The van der Waals surface area contributed by atoms with Gasteiger partial charge in [-0.25, -0.2) is 4.98 Å². The number of aliphatic imine (C=N–C) groups is 1. The molecule has 2 saturated heterocycles. The zero-order valence-electron chi connectivity index (χ0n) is 22.3. The highest BCUT2D eigenvalue weighted by atomic mass is 35.5. The molecular formula is C30H30ClN5O4. The van der Waals surface area contributed by atoms with Gasteiger partial charge in [0, 0.05) is 23.7 Å². The third-order valence-electron chi connectivity index (χ3n) is 7.78. The maximum atomic E-state index is 9.97. The van der Waals surface area contributed by atoms with Crippen LogP contribution in [0.5, 0.6) is 6.01 Å². The van der Waals surface area contributed by atoms with Gasteiger partial charge >= 0.3 is 0 Å². The Bertz CT molecular complexity index is 1570. The van der Waals surface area contributed by atoms with E-state index in [1.807, 2.05) is 18.2 Å². The minimum Gasteiger partial charge on any atom is -0.456 e. The van der Waals surface area contributed by atoms with Crippen LogP contribution < -0.4 is 4.74 Å². The molecule has 3 aliphatic heterocycles. The molecular weight excluding hydrogens is 530 g/mol. The number of aliphatic hydroxyl groups is 1. The molecule has 2 aromatic heterocycles. The van der Waals surface area contributed by atoms with Gasteiger partial charge in [0.1, 0.15) is 24.1 Å². The van der Waals surface area contributed by atoms with Crippen molar-refractivity contribution in [1.82, 2.24) is 19.9 Å². The summed E-state index contributed by atoms with van der Waals surface area (Å²) < 4.78 is 17.3. The van der Waals surface area contributed by atoms with Gasteiger partial charge in [0.2, 0.25) is 0 Å². The van der Waals surface area contributed by atoms with Crippen LogP contribution in [-0.2, 0) is 9.47 Å². The first kappa shape index (κ1) is 25.5. The highest BCUT2D eigenvalue weighted by Crippen LogP contribution is 2.33. The highest BCUT2D eigenvalue weighted by Gasteiger charge is 2.48. The number of aliphatic hydroxyl groups excluding tert-OH is 1. The summed E-state index contributed by atoms with van der Waals surface area (Å²) in [4.78, 5) is 19.4. The van der Waals surface area contributed by atoms with E-state index < -0.39 is 6.10 Å². The molecule has 0 saturated carbocycles. The molecule has 5 heterocycles. The first-order valence-corrected chi connectivity index (χ1v) is 14.0. The number of imidazole rings is 1. The molecule has 2 fully saturated rings. The van der Waals surface area contributed by atoms with E-state index in [0.717, 1.165) is 41.2 Å². The van der Waals surface area contributed by atoms with Crippen LogP contribution >= 0.6 is 11.6 Å². The summed E-state index contributed by atoms with van der Waals surface area (Å²) in [5.41, 5.74) is 6.10. The molecule has 40 heavy (non-hydrogen) atoms. The first-order chi connectivity index (χ1) is 19.4. The van der Waals surface area contributed by atoms with Gasteiger partial charge in [-0.1, -0.05) is 60.1 Å². The minimum atomic E-state index is -0.634. The Labute approximate surface area is 236 Å². The summed E-state index contributed by atoms with van der Waals surface area (Å²) in [6, 6.07) is 19.3. The van der Waals surface area contributed by atoms with Crippen LogP contribution in [0.25, 0.3) is 33.5 Å². The number of hydrogen-bond acceptors (Lipinski definition) is 8. The number of rotatable bonds is 6. The minimum absolute atomic E-state index is 0.243. The fourth-order valence-corrected chi connectivity index (χ4v) is 5.96. The maximum Gasteiger partial charge on any atom is 0.296 e. The summed E-state index contributed by atoms with van der Waals surface area (Å²) in [5.74, 6) is 1.08. The van der Waals surface area contributed by atoms with Crippen molar-refractivity contribution in [3.05, 3.63) is 65.2 Å². The van der Waals surface area contributed by atoms with Gasteiger partial charge < -0.3 is 29.2 Å². The van der Waals surface area contributed by atoms with Crippen molar-refractivity contribution in [2.45, 2.75) is 44.3 Å². The van der Waals surface area contributed by atoms with Crippen LogP contribution in [0, 0.1) is 0 Å². The molecule has 0 bridgehead atoms. The fourth-order valence-electron chi connectivity index (χ4n) is 5.69. The van der Waals surface area contributed by atoms with Crippen LogP contribution in [-0.4, -0.2) is 87.6 Å². The number of hydrogen-bond donors (Lipinski definition) is 2. The zero-order valence-corrected chi connectivity index (χ0v) is 23.0. The molecule has 2 N–H and O–H groups in total. The van der Waals surface area contributed by atoms with Gasteiger partial charge in [-0.2, -0.15) is 4.98 Å². The number of halogens is 1. The second-order valence-corrected chi connectivity index (χ2v) is 11.1. The molecule has 4 atom stereocenters. The number of nitrogens with zero attached hydrogens (tertiary/aromatic N) is 4. The van der Waals surface area contributed by atoms with Gasteiger partial charge in [0.05, 0.1) is 36.0 Å². The lowest BCUT2D eigenvalue weighted by Crippen LogP contribution is -2.34. The number of fused-ring (bicyclic) bond motifs is 2. The second-order valence-electron chi connectivity index (χ2n) is 10.7. The number of aromatic nitrogens is 3. The van der Waals surface area contributed by atoms with E-state index in [2.05, 4.69) is 65.1 Å². The van der Waals surface area contributed by atoms with Crippen LogP contribution in [0.3, 0.4) is 0 Å². The van der Waals surface area contributed by atoms with Gasteiger partial charge in [-0.15, -0.1) is 0 Å². The molecule has 10 heteroatoms. The quantitative estimate of drug-likeness (QED) is 0.362. The summed E-state index contributed by atoms with van der Waals surface area (Å²) in [7, 11) is 0. The van der Waals surface area contributed by atoms with Crippen molar-refractivity contribution >= 4 is 28.6 Å². The third-order valence-corrected chi connectivity index (χ3v) is 8.07. The number of ether oxygens (including phenoxy) is 3. The van der Waals surface area contributed by atoms with E-state index in [1.165, 1.54) is 0 Å². The molecule has 2 unspecified atom stereocenters. The Kier molecular flexibility index (Phi) is 6.47. The Morgan fingerprint density at radius 3 is 2.35 bits per heavy atom. The molecule has 0 spiro atoms. The molecule has 3 aliphatic rings. The Balaban J connectivity index is 1.09. The number of benzene rings is 2. The van der Waals surface area contributed by atoms with E-state index in [9.17, 15) is 5.11 Å². The summed E-state index contributed by atoms with van der Waals surface area (Å²) in [6.07, 6.45) is -1.69. The lowest BCUT2D eigenvalue weighted by atomic mass is 10.0. The molecule has 206 valence electrons. The van der Waals surface area contributed by atoms with Gasteiger partial charge in [-0.05, 0) is 31.0 Å². The fraction of sp³-hybridized carbons (Fsp3) is 0.367. The number of amidine groups is 1. The summed E-state index contributed by atoms with van der Waals surface area (Å²) in [5, 5.41) is 10.5. The predicted molar refractivity (Wildman–Crippen MR) is 153 cm³/mol. The molecule has 0 radical (unpaired) electrons. The van der Waals surface area contributed by atoms with Crippen molar-refractivity contribution in [2.75, 3.05) is 26.3 Å². The van der Waals surface area contributed by atoms with E-state index in [-0.39, 0.29) is 24.9 Å². The van der Waals surface area contributed by atoms with Crippen LogP contribution in [0.2, 0.25) is 5.02 Å². The van der Waals surface area contributed by atoms with Gasteiger partial charge in [0.15, 0.2) is 11.8 Å². The van der Waals surface area contributed by atoms with Crippen molar-refractivity contribution in [3.8, 4) is 28.4 Å². The standard InChI is InChI=1S/C30H30ClN5O4/c1-16(2)36-12-11-32-29(36)20-9-5-18(6-10-20)17-3-7-19(8-4-17)25-21(31)13-22-28(34-25)35-30(33-22)40-24-15-39-26-23(37)14-38-27(24)26/h3-10,13,16,23-24,26-27,37H,11-12,14-15H2,1-2H3,(H,33,34,35)/t23-,24-,26?,27?/m1/s1. The molecule has 0 amide bonds. The van der Waals surface area contributed by atoms with Crippen molar-refractivity contribution < 1.29 is 19.3 Å². The topological polar surface area (TPSA) is 105 Å². The highest BCUT2D eigenvalue weighted by molar-refractivity contribution is 6.33. The average molecular weight is 560 g/mol. The lowest BCUT2D eigenvalue weighted by molar-refractivity contribution is 0.00706. The average Bonchev–Trinajstić information content (AvgIpc) is 3.75. The van der Waals surface area contributed by atoms with Gasteiger partial charge in [-0.3, -0.25) is 4.99 Å². The monoisotopic (exact) mass is 559 g/mol. The number of pyridine rings is 1. The zero-order chi connectivity index (χ0) is 27.4. The largest absolute Gasteiger partial charge is 0.456 e. The van der Waals surface area contributed by atoms with E-state index >= 15 is 0 Å². The van der Waals surface area contributed by atoms with E-state index in [0.29, 0.717) is 40.5 Å². The molecule has 0 aliphatic carbocycles. The number of H-pyrrole nitrogens is 1. The van der Waals surface area contributed by atoms with Crippen molar-refractivity contribution in [2.24, 2.45) is 4.99 Å². The normalized spacial score (nSPS) is 24.2. The summed E-state index contributed by atoms with van der Waals surface area (Å²) in [6.45, 7) is 6.79. The summed E-state index contributed by atoms with van der Waals surface area (Å²) >= 11 is 6.64. The Hall–Kier alpha value is -3.50. The third kappa shape index (κ3) is 4.53. The smallest absolute Gasteiger partial charge is 0.296 e. The first-order valence-electron chi connectivity index (χ1n) is 13.6. The van der Waals surface area contributed by atoms with Crippen molar-refractivity contribution in [3.63, 3.8) is 0 Å². The Morgan fingerprint density at radius 2 is 1.62 bits per heavy atom. The Morgan fingerprint density at radius 1 is 0.950 bits per heavy atom. The van der Waals surface area contributed by atoms with E-state index in [1.54, 1.807) is 0 Å². The lowest BCUT2D eigenvalue weighted by Gasteiger charge is -2.24. The molecule has 4 aromatic rings. The molecule has 2 aromatic carbocycles. The predicted octanol–water partition coefficient (Wildman–Crippen LogP) is 4.32. The van der Waals surface area contributed by atoms with Gasteiger partial charge in [0.25, 0.3) is 6.01 Å². The number of nitrogens with one attached hydrogen (secondary N) is 1. The molecule has 9 nitrogen and oxygen atoms in total. The SMILES string of the molecule is CC(C)N1CCN=C1c1ccc(-c2ccc(-c3nc4nc(O[C@@H]5COC6C5OC[C@H]6O)[nH]c4cc3Cl)cc2)cc1. The molecule has 7 rings (SSSR count). The van der Waals surface area contributed by atoms with Crippen LogP contribution in [0.1, 0.15) is 19.4 Å².